The monoisotopic (exact) mass is 247 g/mol. The Balaban J connectivity index is 2.15. The molecule has 0 saturated heterocycles. The molecule has 0 spiro atoms. The van der Waals surface area contributed by atoms with E-state index in [9.17, 15) is 0 Å². The molecular weight excluding hydrogens is 238 g/mol. The van der Waals surface area contributed by atoms with Crippen molar-refractivity contribution in [2.24, 2.45) is 4.99 Å². The number of aliphatic imine (C=N–C) groups is 1. The molecule has 0 saturated carbocycles. The summed E-state index contributed by atoms with van der Waals surface area (Å²) in [4.78, 5) is 12.2. The van der Waals surface area contributed by atoms with E-state index in [0.717, 1.165) is 11.1 Å². The van der Waals surface area contributed by atoms with Crippen molar-refractivity contribution < 1.29 is 0 Å². The van der Waals surface area contributed by atoms with Crippen LogP contribution in [0.1, 0.15) is 5.56 Å². The molecule has 0 fully saturated rings. The van der Waals surface area contributed by atoms with Crippen LogP contribution in [0.25, 0.3) is 11.4 Å². The maximum absolute atomic E-state index is 8.58. The second-order valence-corrected chi connectivity index (χ2v) is 3.66. The van der Waals surface area contributed by atoms with Gasteiger partial charge in [-0.15, -0.1) is 0 Å². The highest BCUT2D eigenvalue weighted by Crippen LogP contribution is 2.15. The lowest BCUT2D eigenvalue weighted by Gasteiger charge is -2.00. The number of benzene rings is 1. The van der Waals surface area contributed by atoms with Gasteiger partial charge in [0.05, 0.1) is 6.54 Å². The van der Waals surface area contributed by atoms with Crippen LogP contribution in [-0.2, 0) is 6.54 Å². The molecule has 1 heterocycles. The van der Waals surface area contributed by atoms with Crippen molar-refractivity contribution in [2.75, 3.05) is 0 Å². The molecule has 5 heteroatoms. The van der Waals surface area contributed by atoms with Crippen LogP contribution in [0, 0.1) is 22.7 Å². The van der Waals surface area contributed by atoms with E-state index in [4.69, 9.17) is 10.5 Å². The SMILES string of the molecule is N#CC(C#N)=NCc1ccc(-c2ncccn2)cc1. The third-order valence-electron chi connectivity index (χ3n) is 2.41. The minimum Gasteiger partial charge on any atom is -0.260 e. The molecule has 1 aromatic carbocycles. The molecule has 0 bridgehead atoms. The van der Waals surface area contributed by atoms with Gasteiger partial charge < -0.3 is 0 Å². The predicted molar refractivity (Wildman–Crippen MR) is 69.8 cm³/mol. The smallest absolute Gasteiger partial charge is 0.213 e. The lowest BCUT2D eigenvalue weighted by Crippen LogP contribution is -1.91. The van der Waals surface area contributed by atoms with E-state index < -0.39 is 0 Å². The molecule has 0 aliphatic heterocycles. The maximum atomic E-state index is 8.58. The predicted octanol–water partition coefficient (Wildman–Crippen LogP) is 2.13. The molecule has 0 amide bonds. The fourth-order valence-corrected chi connectivity index (χ4v) is 1.47. The molecular formula is C14H9N5. The van der Waals surface area contributed by atoms with Gasteiger partial charge in [-0.05, 0) is 11.6 Å². The highest BCUT2D eigenvalue weighted by atomic mass is 14.8. The third-order valence-corrected chi connectivity index (χ3v) is 2.41. The summed E-state index contributed by atoms with van der Waals surface area (Å²) in [5, 5.41) is 17.2. The second-order valence-electron chi connectivity index (χ2n) is 3.66. The first-order chi connectivity index (χ1) is 9.33. The topological polar surface area (TPSA) is 85.7 Å². The van der Waals surface area contributed by atoms with Crippen LogP contribution in [0.3, 0.4) is 0 Å². The molecule has 2 aromatic rings. The summed E-state index contributed by atoms with van der Waals surface area (Å²) in [6.45, 7) is 0.312. The van der Waals surface area contributed by atoms with E-state index in [1.807, 2.05) is 24.3 Å². The van der Waals surface area contributed by atoms with Gasteiger partial charge in [-0.3, -0.25) is 4.99 Å². The summed E-state index contributed by atoms with van der Waals surface area (Å²) in [7, 11) is 0. The zero-order valence-electron chi connectivity index (χ0n) is 9.98. The Morgan fingerprint density at radius 3 is 2.26 bits per heavy atom. The van der Waals surface area contributed by atoms with Crippen LogP contribution in [0.4, 0.5) is 0 Å². The first-order valence-corrected chi connectivity index (χ1v) is 5.54. The minimum absolute atomic E-state index is 0.115. The van der Waals surface area contributed by atoms with Crippen molar-refractivity contribution in [1.82, 2.24) is 9.97 Å². The molecule has 0 aliphatic rings. The average molecular weight is 247 g/mol. The van der Waals surface area contributed by atoms with E-state index >= 15 is 0 Å². The molecule has 5 nitrogen and oxygen atoms in total. The Bertz CT molecular complexity index is 644. The number of rotatable bonds is 3. The van der Waals surface area contributed by atoms with Crippen LogP contribution in [0.5, 0.6) is 0 Å². The number of aromatic nitrogens is 2. The second kappa shape index (κ2) is 6.04. The van der Waals surface area contributed by atoms with Crippen LogP contribution in [0.15, 0.2) is 47.7 Å². The largest absolute Gasteiger partial charge is 0.260 e. The molecule has 0 N–H and O–H groups in total. The molecule has 0 radical (unpaired) electrons. The Labute approximate surface area is 110 Å². The van der Waals surface area contributed by atoms with Gasteiger partial charge in [0.1, 0.15) is 12.1 Å². The number of hydrogen-bond acceptors (Lipinski definition) is 5. The van der Waals surface area contributed by atoms with Crippen LogP contribution < -0.4 is 0 Å². The average Bonchev–Trinajstić information content (AvgIpc) is 2.50. The first kappa shape index (κ1) is 12.4. The summed E-state index contributed by atoms with van der Waals surface area (Å²) in [6.07, 6.45) is 3.37. The standard InChI is InChI=1S/C14H9N5/c15-8-13(9-16)19-10-11-2-4-12(5-3-11)14-17-6-1-7-18-14/h1-7H,10H2. The van der Waals surface area contributed by atoms with Crippen molar-refractivity contribution in [3.05, 3.63) is 48.3 Å². The van der Waals surface area contributed by atoms with Gasteiger partial charge >= 0.3 is 0 Å². The normalized spacial score (nSPS) is 9.16. The number of nitrogens with zero attached hydrogens (tertiary/aromatic N) is 5. The zero-order valence-corrected chi connectivity index (χ0v) is 9.98. The third kappa shape index (κ3) is 3.21. The Morgan fingerprint density at radius 1 is 1.05 bits per heavy atom. The number of hydrogen-bond donors (Lipinski definition) is 0. The van der Waals surface area contributed by atoms with E-state index in [-0.39, 0.29) is 5.71 Å². The van der Waals surface area contributed by atoms with Crippen LogP contribution in [0.2, 0.25) is 0 Å². The van der Waals surface area contributed by atoms with Gasteiger partial charge in [-0.2, -0.15) is 10.5 Å². The van der Waals surface area contributed by atoms with Gasteiger partial charge in [0, 0.05) is 18.0 Å². The van der Waals surface area contributed by atoms with Gasteiger partial charge in [0.15, 0.2) is 5.82 Å². The summed E-state index contributed by atoms with van der Waals surface area (Å²) >= 11 is 0. The highest BCUT2D eigenvalue weighted by Gasteiger charge is 2.00. The van der Waals surface area contributed by atoms with E-state index in [0.29, 0.717) is 12.4 Å². The summed E-state index contributed by atoms with van der Waals surface area (Å²) in [5.41, 5.74) is 1.72. The zero-order chi connectivity index (χ0) is 13.5. The van der Waals surface area contributed by atoms with Crippen molar-refractivity contribution in [3.63, 3.8) is 0 Å². The summed E-state index contributed by atoms with van der Waals surface area (Å²) < 4.78 is 0. The summed E-state index contributed by atoms with van der Waals surface area (Å²) in [5.74, 6) is 0.660. The molecule has 0 unspecified atom stereocenters. The lowest BCUT2D eigenvalue weighted by atomic mass is 10.1. The van der Waals surface area contributed by atoms with Crippen molar-refractivity contribution in [3.8, 4) is 23.5 Å². The molecule has 0 atom stereocenters. The van der Waals surface area contributed by atoms with Crippen molar-refractivity contribution in [2.45, 2.75) is 6.54 Å². The maximum Gasteiger partial charge on any atom is 0.213 e. The highest BCUT2D eigenvalue weighted by molar-refractivity contribution is 6.10. The summed E-state index contributed by atoms with van der Waals surface area (Å²) in [6, 6.07) is 12.7. The van der Waals surface area contributed by atoms with Gasteiger partial charge in [-0.1, -0.05) is 24.3 Å². The molecule has 0 aliphatic carbocycles. The van der Waals surface area contributed by atoms with Crippen molar-refractivity contribution in [1.29, 1.82) is 10.5 Å². The molecule has 90 valence electrons. The minimum atomic E-state index is -0.115. The van der Waals surface area contributed by atoms with E-state index in [1.165, 1.54) is 0 Å². The van der Waals surface area contributed by atoms with Gasteiger partial charge in [0.2, 0.25) is 5.71 Å². The van der Waals surface area contributed by atoms with E-state index in [2.05, 4.69) is 15.0 Å². The lowest BCUT2D eigenvalue weighted by molar-refractivity contribution is 1.07. The van der Waals surface area contributed by atoms with E-state index in [1.54, 1.807) is 30.6 Å². The fraction of sp³-hybridized carbons (Fsp3) is 0.0714. The Hall–Kier alpha value is -3.05. The first-order valence-electron chi connectivity index (χ1n) is 5.54. The van der Waals surface area contributed by atoms with Crippen molar-refractivity contribution >= 4 is 5.71 Å². The Kier molecular flexibility index (Phi) is 3.94. The van der Waals surface area contributed by atoms with Gasteiger partial charge in [0.25, 0.3) is 0 Å². The molecule has 2 rings (SSSR count). The molecule has 1 aromatic heterocycles. The Morgan fingerprint density at radius 2 is 1.68 bits per heavy atom. The van der Waals surface area contributed by atoms with Crippen LogP contribution in [-0.4, -0.2) is 15.7 Å². The molecule has 19 heavy (non-hydrogen) atoms. The quantitative estimate of drug-likeness (QED) is 0.777. The fourth-order valence-electron chi connectivity index (χ4n) is 1.47. The van der Waals surface area contributed by atoms with Crippen LogP contribution >= 0.6 is 0 Å². The van der Waals surface area contributed by atoms with Gasteiger partial charge in [-0.25, -0.2) is 9.97 Å². The number of nitriles is 2.